The van der Waals surface area contributed by atoms with Crippen molar-refractivity contribution in [2.45, 2.75) is 18.6 Å². The highest BCUT2D eigenvalue weighted by molar-refractivity contribution is 5.37. The Balaban J connectivity index is 1.80. The Morgan fingerprint density at radius 1 is 1.39 bits per heavy atom. The number of likely N-dealkylation sites (N-methyl/N-ethyl adjacent to an activating group) is 1. The molecule has 0 bridgehead atoms. The van der Waals surface area contributed by atoms with Gasteiger partial charge in [0.2, 0.25) is 0 Å². The van der Waals surface area contributed by atoms with Crippen LogP contribution in [-0.2, 0) is 6.54 Å². The number of nitriles is 1. The number of rotatable bonds is 4. The number of halogens is 1. The van der Waals surface area contributed by atoms with Crippen LogP contribution in [0.4, 0.5) is 4.39 Å². The van der Waals surface area contributed by atoms with Crippen molar-refractivity contribution in [1.29, 1.82) is 5.26 Å². The summed E-state index contributed by atoms with van der Waals surface area (Å²) in [5.74, 6) is -0.310. The maximum Gasteiger partial charge on any atom is 0.123 e. The van der Waals surface area contributed by atoms with Crippen molar-refractivity contribution in [2.75, 3.05) is 27.2 Å². The van der Waals surface area contributed by atoms with E-state index >= 15 is 0 Å². The van der Waals surface area contributed by atoms with E-state index < -0.39 is 0 Å². The first-order valence-electron chi connectivity index (χ1n) is 7.51. The maximum atomic E-state index is 13.5. The summed E-state index contributed by atoms with van der Waals surface area (Å²) in [5.41, 5.74) is 1.25. The lowest BCUT2D eigenvalue weighted by atomic mass is 10.1. The van der Waals surface area contributed by atoms with Crippen molar-refractivity contribution in [3.05, 3.63) is 47.5 Å². The molecule has 7 heteroatoms. The van der Waals surface area contributed by atoms with Gasteiger partial charge in [0.05, 0.1) is 23.9 Å². The van der Waals surface area contributed by atoms with E-state index in [2.05, 4.69) is 26.2 Å². The minimum Gasteiger partial charge on any atom is -0.303 e. The number of nitrogens with zero attached hydrogens (tertiary/aromatic N) is 6. The predicted octanol–water partition coefficient (Wildman–Crippen LogP) is 1.28. The fourth-order valence-electron chi connectivity index (χ4n) is 3.18. The van der Waals surface area contributed by atoms with E-state index in [9.17, 15) is 9.65 Å². The second kappa shape index (κ2) is 6.44. The van der Waals surface area contributed by atoms with Crippen molar-refractivity contribution in [3.63, 3.8) is 0 Å². The molecule has 1 aliphatic rings. The predicted molar refractivity (Wildman–Crippen MR) is 82.9 cm³/mol. The summed E-state index contributed by atoms with van der Waals surface area (Å²) < 4.78 is 15.4. The zero-order valence-electron chi connectivity index (χ0n) is 13.2. The standard InChI is InChI=1S/C16H19FN6/c1-21(2)15-10-22(11-16(15)23-6-5-19-20-23)9-13-7-14(17)4-3-12(13)8-18/h3-7,15-16H,9-11H2,1-2H3/t15-,16+/m1/s1. The molecule has 2 aromatic rings. The van der Waals surface area contributed by atoms with E-state index in [0.29, 0.717) is 12.1 Å². The van der Waals surface area contributed by atoms with Gasteiger partial charge in [-0.1, -0.05) is 5.21 Å². The Bertz CT molecular complexity index is 706. The number of likely N-dealkylation sites (tertiary alicyclic amines) is 1. The van der Waals surface area contributed by atoms with Gasteiger partial charge in [-0.05, 0) is 37.9 Å². The average Bonchev–Trinajstić information content (AvgIpc) is 3.16. The zero-order chi connectivity index (χ0) is 16.4. The van der Waals surface area contributed by atoms with Gasteiger partial charge >= 0.3 is 0 Å². The van der Waals surface area contributed by atoms with E-state index in [1.165, 1.54) is 12.1 Å². The number of benzene rings is 1. The van der Waals surface area contributed by atoms with Crippen LogP contribution in [0.25, 0.3) is 0 Å². The van der Waals surface area contributed by atoms with Gasteiger partial charge in [0, 0.05) is 31.9 Å². The van der Waals surface area contributed by atoms with Crippen LogP contribution in [0.15, 0.2) is 30.6 Å². The number of hydrogen-bond donors (Lipinski definition) is 0. The normalized spacial score (nSPS) is 21.7. The lowest BCUT2D eigenvalue weighted by Gasteiger charge is -2.24. The molecule has 1 saturated heterocycles. The van der Waals surface area contributed by atoms with E-state index in [-0.39, 0.29) is 17.9 Å². The molecule has 3 rings (SSSR count). The second-order valence-electron chi connectivity index (χ2n) is 6.09. The molecule has 1 aliphatic heterocycles. The first kappa shape index (κ1) is 15.6. The molecule has 1 aromatic heterocycles. The molecule has 0 N–H and O–H groups in total. The Labute approximate surface area is 134 Å². The molecular formula is C16H19FN6. The molecule has 120 valence electrons. The molecular weight excluding hydrogens is 295 g/mol. The Hall–Kier alpha value is -2.30. The SMILES string of the molecule is CN(C)[C@@H]1CN(Cc2cc(F)ccc2C#N)C[C@@H]1n1ccnn1. The molecule has 2 heterocycles. The highest BCUT2D eigenvalue weighted by Gasteiger charge is 2.36. The third-order valence-corrected chi connectivity index (χ3v) is 4.36. The van der Waals surface area contributed by atoms with Crippen LogP contribution in [-0.4, -0.2) is 58.0 Å². The van der Waals surface area contributed by atoms with Crippen molar-refractivity contribution < 1.29 is 4.39 Å². The van der Waals surface area contributed by atoms with Gasteiger partial charge in [-0.2, -0.15) is 5.26 Å². The summed E-state index contributed by atoms with van der Waals surface area (Å²) in [6.07, 6.45) is 3.54. The summed E-state index contributed by atoms with van der Waals surface area (Å²) in [4.78, 5) is 4.40. The Kier molecular flexibility index (Phi) is 4.37. The fourth-order valence-corrected chi connectivity index (χ4v) is 3.18. The number of hydrogen-bond acceptors (Lipinski definition) is 5. The molecule has 1 fully saturated rings. The smallest absolute Gasteiger partial charge is 0.123 e. The Morgan fingerprint density at radius 2 is 2.22 bits per heavy atom. The molecule has 0 amide bonds. The van der Waals surface area contributed by atoms with Crippen LogP contribution in [0.2, 0.25) is 0 Å². The van der Waals surface area contributed by atoms with Crippen molar-refractivity contribution in [2.24, 2.45) is 0 Å². The summed E-state index contributed by atoms with van der Waals surface area (Å²) in [5, 5.41) is 17.2. The van der Waals surface area contributed by atoms with Gasteiger partial charge in [0.1, 0.15) is 5.82 Å². The zero-order valence-corrected chi connectivity index (χ0v) is 13.2. The first-order valence-corrected chi connectivity index (χ1v) is 7.51. The summed E-state index contributed by atoms with van der Waals surface area (Å²) in [6, 6.07) is 6.93. The fraction of sp³-hybridized carbons (Fsp3) is 0.438. The van der Waals surface area contributed by atoms with Gasteiger partial charge in [-0.25, -0.2) is 9.07 Å². The third kappa shape index (κ3) is 3.23. The highest BCUT2D eigenvalue weighted by Crippen LogP contribution is 2.26. The molecule has 2 atom stereocenters. The topological polar surface area (TPSA) is 61.0 Å². The van der Waals surface area contributed by atoms with Crippen molar-refractivity contribution in [3.8, 4) is 6.07 Å². The first-order chi connectivity index (χ1) is 11.1. The Morgan fingerprint density at radius 3 is 2.87 bits per heavy atom. The molecule has 6 nitrogen and oxygen atoms in total. The van der Waals surface area contributed by atoms with E-state index in [0.717, 1.165) is 18.7 Å². The van der Waals surface area contributed by atoms with Gasteiger partial charge in [-0.15, -0.1) is 5.10 Å². The maximum absolute atomic E-state index is 13.5. The van der Waals surface area contributed by atoms with E-state index in [1.807, 2.05) is 25.0 Å². The third-order valence-electron chi connectivity index (χ3n) is 4.36. The quantitative estimate of drug-likeness (QED) is 0.851. The summed E-state index contributed by atoms with van der Waals surface area (Å²) in [7, 11) is 4.09. The highest BCUT2D eigenvalue weighted by atomic mass is 19.1. The second-order valence-corrected chi connectivity index (χ2v) is 6.09. The van der Waals surface area contributed by atoms with Gasteiger partial charge in [0.15, 0.2) is 0 Å². The van der Waals surface area contributed by atoms with Crippen molar-refractivity contribution in [1.82, 2.24) is 24.8 Å². The minimum absolute atomic E-state index is 0.187. The minimum atomic E-state index is -0.310. The molecule has 0 radical (unpaired) electrons. The molecule has 0 spiro atoms. The van der Waals surface area contributed by atoms with Crippen LogP contribution >= 0.6 is 0 Å². The van der Waals surface area contributed by atoms with E-state index in [4.69, 9.17) is 0 Å². The van der Waals surface area contributed by atoms with Crippen LogP contribution in [0, 0.1) is 17.1 Å². The number of aromatic nitrogens is 3. The molecule has 1 aromatic carbocycles. The van der Waals surface area contributed by atoms with Crippen LogP contribution in [0.1, 0.15) is 17.2 Å². The average molecular weight is 314 g/mol. The van der Waals surface area contributed by atoms with Gasteiger partial charge in [0.25, 0.3) is 0 Å². The summed E-state index contributed by atoms with van der Waals surface area (Å²) in [6.45, 7) is 2.17. The lowest BCUT2D eigenvalue weighted by Crippen LogP contribution is -2.36. The largest absolute Gasteiger partial charge is 0.303 e. The molecule has 0 unspecified atom stereocenters. The van der Waals surface area contributed by atoms with Gasteiger partial charge in [-0.3, -0.25) is 4.90 Å². The summed E-state index contributed by atoms with van der Waals surface area (Å²) >= 11 is 0. The molecule has 0 saturated carbocycles. The van der Waals surface area contributed by atoms with E-state index in [1.54, 1.807) is 12.3 Å². The van der Waals surface area contributed by atoms with Crippen LogP contribution < -0.4 is 0 Å². The van der Waals surface area contributed by atoms with Crippen LogP contribution in [0.5, 0.6) is 0 Å². The lowest BCUT2D eigenvalue weighted by molar-refractivity contribution is 0.237. The molecule has 23 heavy (non-hydrogen) atoms. The van der Waals surface area contributed by atoms with Gasteiger partial charge < -0.3 is 4.90 Å². The van der Waals surface area contributed by atoms with Crippen molar-refractivity contribution >= 4 is 0 Å². The van der Waals surface area contributed by atoms with Crippen LogP contribution in [0.3, 0.4) is 0 Å². The molecule has 0 aliphatic carbocycles. The monoisotopic (exact) mass is 314 g/mol.